The van der Waals surface area contributed by atoms with Crippen LogP contribution in [0.4, 0.5) is 0 Å². The summed E-state index contributed by atoms with van der Waals surface area (Å²) in [6.45, 7) is 2.94. The third-order valence-corrected chi connectivity index (χ3v) is 6.13. The van der Waals surface area contributed by atoms with Crippen LogP contribution in [0.25, 0.3) is 0 Å². The highest BCUT2D eigenvalue weighted by molar-refractivity contribution is 9.09. The van der Waals surface area contributed by atoms with Crippen LogP contribution >= 0.6 is 15.9 Å². The lowest BCUT2D eigenvalue weighted by atomic mass is 9.90. The first-order valence-corrected chi connectivity index (χ1v) is 10.6. The van der Waals surface area contributed by atoms with Crippen molar-refractivity contribution in [1.29, 1.82) is 0 Å². The van der Waals surface area contributed by atoms with Gasteiger partial charge in [0.15, 0.2) is 0 Å². The zero-order valence-electron chi connectivity index (χ0n) is 14.2. The quantitative estimate of drug-likeness (QED) is 0.351. The molecule has 0 radical (unpaired) electrons. The number of unbranched alkanes of at least 4 members (excludes halogenated alkanes) is 3. The molecule has 2 saturated carbocycles. The number of hydrogen-bond acceptors (Lipinski definition) is 2. The summed E-state index contributed by atoms with van der Waals surface area (Å²) >= 11 is 3.70. The smallest absolute Gasteiger partial charge is 0.0576 e. The second-order valence-electron chi connectivity index (χ2n) is 7.24. The molecule has 0 unspecified atom stereocenters. The topological polar surface area (TPSA) is 18.5 Å². The lowest BCUT2D eigenvalue weighted by Crippen LogP contribution is -2.21. The lowest BCUT2D eigenvalue weighted by molar-refractivity contribution is 0.0271. The Kier molecular flexibility index (Phi) is 10.1. The number of hydrogen-bond donors (Lipinski definition) is 0. The summed E-state index contributed by atoms with van der Waals surface area (Å²) in [5.41, 5.74) is 0. The van der Waals surface area contributed by atoms with E-state index in [0.717, 1.165) is 30.6 Å². The van der Waals surface area contributed by atoms with Crippen molar-refractivity contribution in [1.82, 2.24) is 0 Å². The van der Waals surface area contributed by atoms with Crippen LogP contribution in [0.5, 0.6) is 0 Å². The molecule has 0 aromatic rings. The number of rotatable bonds is 10. The van der Waals surface area contributed by atoms with E-state index in [4.69, 9.17) is 9.47 Å². The van der Waals surface area contributed by atoms with E-state index in [0.29, 0.717) is 6.10 Å². The van der Waals surface area contributed by atoms with Crippen LogP contribution < -0.4 is 0 Å². The van der Waals surface area contributed by atoms with E-state index in [9.17, 15) is 0 Å². The molecule has 2 aliphatic carbocycles. The van der Waals surface area contributed by atoms with Crippen molar-refractivity contribution in [2.45, 2.75) is 94.4 Å². The van der Waals surface area contributed by atoms with Crippen molar-refractivity contribution in [3.63, 3.8) is 0 Å². The summed E-state index contributed by atoms with van der Waals surface area (Å²) in [6, 6.07) is 0. The van der Waals surface area contributed by atoms with Crippen LogP contribution in [0.1, 0.15) is 83.5 Å². The maximum Gasteiger partial charge on any atom is 0.0576 e. The Morgan fingerprint density at radius 1 is 0.727 bits per heavy atom. The van der Waals surface area contributed by atoms with Gasteiger partial charge in [-0.15, -0.1) is 0 Å². The minimum Gasteiger partial charge on any atom is -0.381 e. The highest BCUT2D eigenvalue weighted by atomic mass is 79.9. The fourth-order valence-corrected chi connectivity index (χ4v) is 4.23. The van der Waals surface area contributed by atoms with Crippen LogP contribution in [0.2, 0.25) is 0 Å². The van der Waals surface area contributed by atoms with Gasteiger partial charge in [0.2, 0.25) is 0 Å². The van der Waals surface area contributed by atoms with Crippen LogP contribution in [0.3, 0.4) is 0 Å². The molecule has 22 heavy (non-hydrogen) atoms. The number of alkyl halides is 1. The van der Waals surface area contributed by atoms with E-state index in [-0.39, 0.29) is 0 Å². The summed E-state index contributed by atoms with van der Waals surface area (Å²) in [5, 5.41) is 0. The average Bonchev–Trinajstić information content (AvgIpc) is 2.56. The van der Waals surface area contributed by atoms with E-state index >= 15 is 0 Å². The highest BCUT2D eigenvalue weighted by Crippen LogP contribution is 2.26. The Morgan fingerprint density at radius 3 is 2.14 bits per heavy atom. The van der Waals surface area contributed by atoms with Crippen LogP contribution in [-0.4, -0.2) is 30.8 Å². The Labute approximate surface area is 145 Å². The molecule has 0 heterocycles. The van der Waals surface area contributed by atoms with Gasteiger partial charge < -0.3 is 9.47 Å². The zero-order valence-corrected chi connectivity index (χ0v) is 15.8. The first-order chi connectivity index (χ1) is 10.8. The zero-order chi connectivity index (χ0) is 15.5. The van der Waals surface area contributed by atoms with E-state index in [1.807, 2.05) is 0 Å². The normalized spacial score (nSPS) is 27.1. The minimum absolute atomic E-state index is 0.535. The van der Waals surface area contributed by atoms with E-state index < -0.39 is 0 Å². The van der Waals surface area contributed by atoms with Crippen molar-refractivity contribution in [3.05, 3.63) is 0 Å². The molecule has 0 spiro atoms. The molecule has 0 aromatic carbocycles. The molecule has 0 aromatic heterocycles. The monoisotopic (exact) mass is 374 g/mol. The molecular weight excluding hydrogens is 340 g/mol. The maximum atomic E-state index is 5.99. The second-order valence-corrected chi connectivity index (χ2v) is 8.53. The molecule has 3 heteroatoms. The van der Waals surface area contributed by atoms with Gasteiger partial charge in [0, 0.05) is 24.6 Å². The van der Waals surface area contributed by atoms with Crippen molar-refractivity contribution >= 4 is 15.9 Å². The highest BCUT2D eigenvalue weighted by Gasteiger charge is 2.19. The molecule has 0 atom stereocenters. The third kappa shape index (κ3) is 8.31. The summed E-state index contributed by atoms with van der Waals surface area (Å²) in [7, 11) is 0. The summed E-state index contributed by atoms with van der Waals surface area (Å²) in [6.07, 6.45) is 17.7. The molecule has 0 N–H and O–H groups in total. The van der Waals surface area contributed by atoms with Crippen LogP contribution in [0.15, 0.2) is 0 Å². The van der Waals surface area contributed by atoms with E-state index in [2.05, 4.69) is 15.9 Å². The molecule has 0 amide bonds. The minimum atomic E-state index is 0.535. The molecule has 2 aliphatic rings. The van der Waals surface area contributed by atoms with Crippen molar-refractivity contribution in [2.24, 2.45) is 5.92 Å². The van der Waals surface area contributed by atoms with Crippen LogP contribution in [-0.2, 0) is 9.47 Å². The van der Waals surface area contributed by atoms with Gasteiger partial charge >= 0.3 is 0 Å². The number of halogens is 1. The van der Waals surface area contributed by atoms with Gasteiger partial charge in [-0.1, -0.05) is 48.0 Å². The molecule has 130 valence electrons. The van der Waals surface area contributed by atoms with Gasteiger partial charge in [-0.25, -0.2) is 0 Å². The second kappa shape index (κ2) is 11.9. The molecule has 0 saturated heterocycles. The molecule has 0 bridgehead atoms. The summed E-state index contributed by atoms with van der Waals surface area (Å²) in [5.74, 6) is 0.858. The lowest BCUT2D eigenvalue weighted by Gasteiger charge is -2.25. The summed E-state index contributed by atoms with van der Waals surface area (Å²) in [4.78, 5) is 0.737. The van der Waals surface area contributed by atoms with Gasteiger partial charge in [-0.3, -0.25) is 0 Å². The molecule has 2 rings (SSSR count). The van der Waals surface area contributed by atoms with Crippen molar-refractivity contribution in [2.75, 3.05) is 19.8 Å². The summed E-state index contributed by atoms with van der Waals surface area (Å²) < 4.78 is 11.8. The molecule has 2 fully saturated rings. The molecular formula is C19H35BrO2. The Bertz CT molecular complexity index is 258. The maximum absolute atomic E-state index is 5.99. The average molecular weight is 375 g/mol. The van der Waals surface area contributed by atoms with Gasteiger partial charge in [-0.2, -0.15) is 0 Å². The van der Waals surface area contributed by atoms with E-state index in [1.54, 1.807) is 0 Å². The number of ether oxygens (including phenoxy) is 2. The van der Waals surface area contributed by atoms with Gasteiger partial charge in [0.25, 0.3) is 0 Å². The van der Waals surface area contributed by atoms with Crippen molar-refractivity contribution < 1.29 is 9.47 Å². The molecule has 2 nitrogen and oxygen atoms in total. The first-order valence-electron chi connectivity index (χ1n) is 9.68. The fourth-order valence-electron chi connectivity index (χ4n) is 3.70. The predicted octanol–water partition coefficient (Wildman–Crippen LogP) is 5.87. The Balaban J connectivity index is 1.31. The SMILES string of the molecule is BrC1CCC(OCCCCCCOCC2CCCCC2)CC1. The standard InChI is InChI=1S/C19H35BrO2/c20-18-10-12-19(13-11-18)22-15-7-2-1-6-14-21-16-17-8-4-3-5-9-17/h17-19H,1-16H2. The van der Waals surface area contributed by atoms with Gasteiger partial charge in [0.1, 0.15) is 0 Å². The molecule has 0 aliphatic heterocycles. The van der Waals surface area contributed by atoms with Gasteiger partial charge in [-0.05, 0) is 57.3 Å². The van der Waals surface area contributed by atoms with Crippen molar-refractivity contribution in [3.8, 4) is 0 Å². The largest absolute Gasteiger partial charge is 0.381 e. The predicted molar refractivity (Wildman–Crippen MR) is 96.8 cm³/mol. The first kappa shape index (κ1) is 18.7. The Hall–Kier alpha value is 0.400. The van der Waals surface area contributed by atoms with Crippen LogP contribution in [0, 0.1) is 5.92 Å². The fraction of sp³-hybridized carbons (Fsp3) is 1.00. The Morgan fingerprint density at radius 2 is 1.41 bits per heavy atom. The van der Waals surface area contributed by atoms with E-state index in [1.165, 1.54) is 83.5 Å². The van der Waals surface area contributed by atoms with Gasteiger partial charge in [0.05, 0.1) is 6.10 Å². The third-order valence-electron chi connectivity index (χ3n) is 5.22.